The Morgan fingerprint density at radius 1 is 1.12 bits per heavy atom. The number of thiazole rings is 1. The van der Waals surface area contributed by atoms with Gasteiger partial charge in [0.2, 0.25) is 0 Å². The predicted molar refractivity (Wildman–Crippen MR) is 117 cm³/mol. The summed E-state index contributed by atoms with van der Waals surface area (Å²) in [4.78, 5) is 19.3. The molecule has 0 aliphatic carbocycles. The molecule has 32 heavy (non-hydrogen) atoms. The fraction of sp³-hybridized carbons (Fsp3) is 0.182. The number of amides is 1. The van der Waals surface area contributed by atoms with Crippen molar-refractivity contribution >= 4 is 28.8 Å². The third kappa shape index (κ3) is 3.57. The molecule has 0 radical (unpaired) electrons. The Labute approximate surface area is 191 Å². The Kier molecular flexibility index (Phi) is 5.22. The number of hydrogen-bond donors (Lipinski definition) is 0. The van der Waals surface area contributed by atoms with Crippen molar-refractivity contribution in [2.24, 2.45) is 0 Å². The van der Waals surface area contributed by atoms with Crippen molar-refractivity contribution in [3.63, 3.8) is 0 Å². The Bertz CT molecular complexity index is 1320. The van der Waals surface area contributed by atoms with Gasteiger partial charge in [0.05, 0.1) is 11.1 Å². The summed E-state index contributed by atoms with van der Waals surface area (Å²) in [5.74, 6) is 0.149. The van der Waals surface area contributed by atoms with E-state index in [1.807, 2.05) is 16.9 Å². The third-order valence-electron chi connectivity index (χ3n) is 5.44. The minimum absolute atomic E-state index is 0.0912. The van der Waals surface area contributed by atoms with E-state index in [0.717, 1.165) is 10.6 Å². The summed E-state index contributed by atoms with van der Waals surface area (Å²) < 4.78 is 28.6. The zero-order valence-electron chi connectivity index (χ0n) is 16.8. The van der Waals surface area contributed by atoms with Crippen LogP contribution in [0.3, 0.4) is 0 Å². The Balaban J connectivity index is 1.41. The van der Waals surface area contributed by atoms with Crippen LogP contribution < -0.4 is 0 Å². The lowest BCUT2D eigenvalue weighted by atomic mass is 10.1. The molecule has 1 aliphatic rings. The molecule has 2 aromatic heterocycles. The number of halogens is 3. The molecule has 3 heterocycles. The molecule has 1 amide bonds. The van der Waals surface area contributed by atoms with Crippen LogP contribution in [0.15, 0.2) is 47.8 Å². The number of hydrogen-bond acceptors (Lipinski definition) is 5. The fourth-order valence-electron chi connectivity index (χ4n) is 3.75. The van der Waals surface area contributed by atoms with Crippen LogP contribution in [0.25, 0.3) is 22.1 Å². The highest BCUT2D eigenvalue weighted by Crippen LogP contribution is 2.32. The SMILES string of the molecule is CC1c2nnc(-c3csc(-c4ccc(F)cc4)n3)n2CCN1C(=O)c1ccc(F)c(Cl)c1. The van der Waals surface area contributed by atoms with Gasteiger partial charge in [-0.05, 0) is 49.4 Å². The maximum atomic E-state index is 13.5. The lowest BCUT2D eigenvalue weighted by Crippen LogP contribution is -2.41. The molecule has 1 aliphatic heterocycles. The van der Waals surface area contributed by atoms with E-state index in [1.54, 1.807) is 17.0 Å². The first-order valence-corrected chi connectivity index (χ1v) is 11.1. The second-order valence-electron chi connectivity index (χ2n) is 7.38. The van der Waals surface area contributed by atoms with Crippen molar-refractivity contribution in [3.8, 4) is 22.1 Å². The van der Waals surface area contributed by atoms with E-state index in [2.05, 4.69) is 15.2 Å². The fourth-order valence-corrected chi connectivity index (χ4v) is 4.73. The lowest BCUT2D eigenvalue weighted by Gasteiger charge is -2.33. The van der Waals surface area contributed by atoms with Gasteiger partial charge in [-0.2, -0.15) is 0 Å². The highest BCUT2D eigenvalue weighted by molar-refractivity contribution is 7.13. The standard InChI is InChI=1S/C22H16ClF2N5OS/c1-12-19-27-28-20(18-11-32-21(26-18)13-2-5-15(24)6-3-13)30(19)9-8-29(12)22(31)14-4-7-17(25)16(23)10-14/h2-7,10-12H,8-9H2,1H3. The molecule has 0 N–H and O–H groups in total. The molecule has 0 spiro atoms. The van der Waals surface area contributed by atoms with E-state index in [0.29, 0.717) is 36.0 Å². The predicted octanol–water partition coefficient (Wildman–Crippen LogP) is 5.22. The maximum absolute atomic E-state index is 13.5. The molecule has 162 valence electrons. The van der Waals surface area contributed by atoms with Crippen LogP contribution in [0, 0.1) is 11.6 Å². The number of nitrogens with zero attached hydrogens (tertiary/aromatic N) is 5. The van der Waals surface area contributed by atoms with Crippen LogP contribution in [0.5, 0.6) is 0 Å². The van der Waals surface area contributed by atoms with Gasteiger partial charge in [-0.25, -0.2) is 13.8 Å². The van der Waals surface area contributed by atoms with Gasteiger partial charge in [0.25, 0.3) is 5.91 Å². The molecular weight excluding hydrogens is 456 g/mol. The highest BCUT2D eigenvalue weighted by atomic mass is 35.5. The lowest BCUT2D eigenvalue weighted by molar-refractivity contribution is 0.0638. The molecule has 5 rings (SSSR count). The largest absolute Gasteiger partial charge is 0.327 e. The monoisotopic (exact) mass is 471 g/mol. The number of rotatable bonds is 3. The normalized spacial score (nSPS) is 15.6. The number of fused-ring (bicyclic) bond motifs is 1. The number of benzene rings is 2. The van der Waals surface area contributed by atoms with Gasteiger partial charge in [0.15, 0.2) is 11.6 Å². The van der Waals surface area contributed by atoms with Crippen LogP contribution in [-0.2, 0) is 6.54 Å². The summed E-state index contributed by atoms with van der Waals surface area (Å²) in [6.45, 7) is 2.80. The minimum atomic E-state index is -0.567. The van der Waals surface area contributed by atoms with Gasteiger partial charge in [-0.3, -0.25) is 4.79 Å². The van der Waals surface area contributed by atoms with Crippen molar-refractivity contribution < 1.29 is 13.6 Å². The smallest absolute Gasteiger partial charge is 0.254 e. The summed E-state index contributed by atoms with van der Waals surface area (Å²) in [5, 5.41) is 11.2. The molecule has 0 fully saturated rings. The quantitative estimate of drug-likeness (QED) is 0.411. The average molecular weight is 472 g/mol. The zero-order chi connectivity index (χ0) is 22.4. The van der Waals surface area contributed by atoms with Crippen LogP contribution in [-0.4, -0.2) is 37.1 Å². The Hall–Kier alpha value is -3.17. The van der Waals surface area contributed by atoms with Crippen molar-refractivity contribution in [2.75, 3.05) is 6.54 Å². The van der Waals surface area contributed by atoms with Crippen LogP contribution >= 0.6 is 22.9 Å². The van der Waals surface area contributed by atoms with Crippen LogP contribution in [0.1, 0.15) is 29.1 Å². The van der Waals surface area contributed by atoms with Gasteiger partial charge in [-0.1, -0.05) is 11.6 Å². The van der Waals surface area contributed by atoms with E-state index in [-0.39, 0.29) is 22.8 Å². The summed E-state index contributed by atoms with van der Waals surface area (Å²) in [7, 11) is 0. The molecule has 10 heteroatoms. The number of carbonyl (C=O) groups is 1. The second kappa shape index (κ2) is 8.07. The van der Waals surface area contributed by atoms with Crippen molar-refractivity contribution in [3.05, 3.63) is 75.9 Å². The van der Waals surface area contributed by atoms with Gasteiger partial charge >= 0.3 is 0 Å². The molecule has 2 aromatic carbocycles. The van der Waals surface area contributed by atoms with Crippen molar-refractivity contribution in [1.29, 1.82) is 0 Å². The second-order valence-corrected chi connectivity index (χ2v) is 8.65. The van der Waals surface area contributed by atoms with Gasteiger partial charge in [-0.15, -0.1) is 21.5 Å². The van der Waals surface area contributed by atoms with Gasteiger partial charge < -0.3 is 9.47 Å². The number of aromatic nitrogens is 4. The first-order chi connectivity index (χ1) is 15.4. The molecule has 6 nitrogen and oxygen atoms in total. The molecular formula is C22H16ClF2N5OS. The average Bonchev–Trinajstić information content (AvgIpc) is 3.43. The summed E-state index contributed by atoms with van der Waals surface area (Å²) in [5.41, 5.74) is 1.81. The van der Waals surface area contributed by atoms with E-state index in [9.17, 15) is 13.6 Å². The van der Waals surface area contributed by atoms with Crippen molar-refractivity contribution in [1.82, 2.24) is 24.6 Å². The number of carbonyl (C=O) groups excluding carboxylic acids is 1. The molecule has 0 saturated carbocycles. The van der Waals surface area contributed by atoms with E-state index in [1.165, 1.54) is 41.7 Å². The molecule has 0 bridgehead atoms. The Morgan fingerprint density at radius 2 is 1.91 bits per heavy atom. The molecule has 0 saturated heterocycles. The van der Waals surface area contributed by atoms with Gasteiger partial charge in [0, 0.05) is 29.6 Å². The minimum Gasteiger partial charge on any atom is -0.327 e. The molecule has 1 atom stereocenters. The summed E-state index contributed by atoms with van der Waals surface area (Å²) >= 11 is 7.28. The van der Waals surface area contributed by atoms with Crippen molar-refractivity contribution in [2.45, 2.75) is 19.5 Å². The zero-order valence-corrected chi connectivity index (χ0v) is 18.4. The molecule has 4 aromatic rings. The van der Waals surface area contributed by atoms with Gasteiger partial charge in [0.1, 0.15) is 22.3 Å². The van der Waals surface area contributed by atoms with E-state index in [4.69, 9.17) is 11.6 Å². The van der Waals surface area contributed by atoms with Crippen LogP contribution in [0.4, 0.5) is 8.78 Å². The first kappa shape index (κ1) is 20.7. The maximum Gasteiger partial charge on any atom is 0.254 e. The third-order valence-corrected chi connectivity index (χ3v) is 6.62. The highest BCUT2D eigenvalue weighted by Gasteiger charge is 2.32. The first-order valence-electron chi connectivity index (χ1n) is 9.83. The molecule has 1 unspecified atom stereocenters. The topological polar surface area (TPSA) is 63.9 Å². The van der Waals surface area contributed by atoms with E-state index < -0.39 is 5.82 Å². The van der Waals surface area contributed by atoms with E-state index >= 15 is 0 Å². The Morgan fingerprint density at radius 3 is 2.66 bits per heavy atom. The summed E-state index contributed by atoms with van der Waals surface area (Å²) in [6, 6.07) is 9.78. The summed E-state index contributed by atoms with van der Waals surface area (Å²) in [6.07, 6.45) is 0. The van der Waals surface area contributed by atoms with Crippen LogP contribution in [0.2, 0.25) is 5.02 Å².